The first-order valence-corrected chi connectivity index (χ1v) is 7.20. The molecule has 0 unspecified atom stereocenters. The normalized spacial score (nSPS) is 11.4. The van der Waals surface area contributed by atoms with Crippen molar-refractivity contribution in [1.82, 2.24) is 9.97 Å². The third-order valence-electron chi connectivity index (χ3n) is 2.92. The Bertz CT molecular complexity index is 752. The first-order valence-electron chi connectivity index (χ1n) is 6.32. The number of alkyl halides is 3. The molecule has 0 saturated carbocycles. The summed E-state index contributed by atoms with van der Waals surface area (Å²) in [6, 6.07) is 8.56. The second-order valence-corrected chi connectivity index (χ2v) is 5.34. The molecule has 3 nitrogen and oxygen atoms in total. The number of aromatic nitrogens is 2. The molecule has 0 radical (unpaired) electrons. The number of nitrogens with one attached hydrogen (secondary N) is 1. The Morgan fingerprint density at radius 3 is 2.45 bits per heavy atom. The van der Waals surface area contributed by atoms with Gasteiger partial charge in [-0.05, 0) is 36.4 Å². The molecule has 0 saturated heterocycles. The maximum Gasteiger partial charge on any atom is 0.416 e. The molecule has 0 amide bonds. The van der Waals surface area contributed by atoms with Gasteiger partial charge in [0.15, 0.2) is 5.13 Å². The molecular weight excluding hydrogens is 311 g/mol. The van der Waals surface area contributed by atoms with E-state index in [4.69, 9.17) is 0 Å². The fourth-order valence-corrected chi connectivity index (χ4v) is 2.58. The van der Waals surface area contributed by atoms with Crippen LogP contribution in [0.5, 0.6) is 0 Å². The number of hydrogen-bond donors (Lipinski definition) is 1. The van der Waals surface area contributed by atoms with E-state index >= 15 is 0 Å². The highest BCUT2D eigenvalue weighted by molar-refractivity contribution is 7.14. The molecule has 7 heteroatoms. The minimum absolute atomic E-state index is 0.556. The number of rotatable bonds is 3. The zero-order valence-corrected chi connectivity index (χ0v) is 11.9. The number of thiazole rings is 1. The second kappa shape index (κ2) is 5.76. The lowest BCUT2D eigenvalue weighted by molar-refractivity contribution is -0.137. The van der Waals surface area contributed by atoms with Gasteiger partial charge in [0.1, 0.15) is 0 Å². The zero-order valence-electron chi connectivity index (χ0n) is 11.1. The number of nitrogens with zero attached hydrogens (tertiary/aromatic N) is 2. The quantitative estimate of drug-likeness (QED) is 0.740. The highest BCUT2D eigenvalue weighted by atomic mass is 32.1. The van der Waals surface area contributed by atoms with Gasteiger partial charge in [-0.3, -0.25) is 4.98 Å². The Kier molecular flexibility index (Phi) is 3.81. The van der Waals surface area contributed by atoms with E-state index in [0.29, 0.717) is 10.8 Å². The van der Waals surface area contributed by atoms with Gasteiger partial charge in [0.2, 0.25) is 0 Å². The summed E-state index contributed by atoms with van der Waals surface area (Å²) in [5.41, 5.74) is 1.54. The van der Waals surface area contributed by atoms with Gasteiger partial charge in [0, 0.05) is 29.0 Å². The van der Waals surface area contributed by atoms with Crippen molar-refractivity contribution in [2.45, 2.75) is 6.18 Å². The first-order chi connectivity index (χ1) is 10.5. The highest BCUT2D eigenvalue weighted by Gasteiger charge is 2.29. The lowest BCUT2D eigenvalue weighted by Crippen LogP contribution is -2.04. The van der Waals surface area contributed by atoms with Crippen LogP contribution in [0.4, 0.5) is 24.0 Å². The maximum absolute atomic E-state index is 12.5. The Balaban J connectivity index is 1.76. The molecule has 22 heavy (non-hydrogen) atoms. The molecule has 2 aromatic heterocycles. The van der Waals surface area contributed by atoms with E-state index < -0.39 is 11.7 Å². The van der Waals surface area contributed by atoms with Gasteiger partial charge in [-0.1, -0.05) is 0 Å². The third-order valence-corrected chi connectivity index (χ3v) is 3.68. The largest absolute Gasteiger partial charge is 0.416 e. The van der Waals surface area contributed by atoms with E-state index in [9.17, 15) is 13.2 Å². The monoisotopic (exact) mass is 321 g/mol. The lowest BCUT2D eigenvalue weighted by atomic mass is 10.2. The van der Waals surface area contributed by atoms with E-state index in [1.165, 1.54) is 23.5 Å². The summed E-state index contributed by atoms with van der Waals surface area (Å²) in [4.78, 5) is 8.42. The van der Waals surface area contributed by atoms with Crippen molar-refractivity contribution in [3.8, 4) is 11.3 Å². The van der Waals surface area contributed by atoms with Crippen LogP contribution in [0.1, 0.15) is 5.56 Å². The minimum atomic E-state index is -4.33. The molecular formula is C15H10F3N3S. The summed E-state index contributed by atoms with van der Waals surface area (Å²) >= 11 is 1.38. The molecule has 1 aromatic carbocycles. The smallest absolute Gasteiger partial charge is 0.332 e. The van der Waals surface area contributed by atoms with Crippen molar-refractivity contribution in [3.63, 3.8) is 0 Å². The van der Waals surface area contributed by atoms with Crippen LogP contribution in [0.3, 0.4) is 0 Å². The predicted molar refractivity (Wildman–Crippen MR) is 80.1 cm³/mol. The van der Waals surface area contributed by atoms with E-state index in [-0.39, 0.29) is 0 Å². The molecule has 0 spiro atoms. The molecule has 0 aliphatic carbocycles. The van der Waals surface area contributed by atoms with Gasteiger partial charge < -0.3 is 5.32 Å². The number of halogens is 3. The van der Waals surface area contributed by atoms with Crippen LogP contribution >= 0.6 is 11.3 Å². The summed E-state index contributed by atoms with van der Waals surface area (Å²) < 4.78 is 37.5. The second-order valence-electron chi connectivity index (χ2n) is 4.48. The van der Waals surface area contributed by atoms with Crippen LogP contribution in [0.2, 0.25) is 0 Å². The van der Waals surface area contributed by atoms with Crippen molar-refractivity contribution >= 4 is 22.2 Å². The Hall–Kier alpha value is -2.41. The van der Waals surface area contributed by atoms with Crippen molar-refractivity contribution in [2.24, 2.45) is 0 Å². The Morgan fingerprint density at radius 2 is 1.82 bits per heavy atom. The molecule has 2 heterocycles. The fraction of sp³-hybridized carbons (Fsp3) is 0.0667. The summed E-state index contributed by atoms with van der Waals surface area (Å²) in [7, 11) is 0. The van der Waals surface area contributed by atoms with Crippen molar-refractivity contribution in [1.29, 1.82) is 0 Å². The average molecular weight is 321 g/mol. The predicted octanol–water partition coefficient (Wildman–Crippen LogP) is 4.97. The molecule has 3 rings (SSSR count). The van der Waals surface area contributed by atoms with Crippen LogP contribution < -0.4 is 5.32 Å². The van der Waals surface area contributed by atoms with E-state index in [2.05, 4.69) is 15.3 Å². The van der Waals surface area contributed by atoms with E-state index in [1.54, 1.807) is 12.4 Å². The molecule has 112 valence electrons. The van der Waals surface area contributed by atoms with Crippen LogP contribution in [0.25, 0.3) is 11.3 Å². The van der Waals surface area contributed by atoms with Crippen molar-refractivity contribution < 1.29 is 13.2 Å². The van der Waals surface area contributed by atoms with Crippen molar-refractivity contribution in [3.05, 3.63) is 59.7 Å². The number of benzene rings is 1. The summed E-state index contributed by atoms with van der Waals surface area (Å²) in [6.45, 7) is 0. The first kappa shape index (κ1) is 14.5. The van der Waals surface area contributed by atoms with Crippen LogP contribution in [-0.4, -0.2) is 9.97 Å². The van der Waals surface area contributed by atoms with Crippen molar-refractivity contribution in [2.75, 3.05) is 5.32 Å². The molecule has 1 N–H and O–H groups in total. The lowest BCUT2D eigenvalue weighted by Gasteiger charge is -2.07. The maximum atomic E-state index is 12.5. The number of pyridine rings is 1. The van der Waals surface area contributed by atoms with E-state index in [0.717, 1.165) is 23.4 Å². The van der Waals surface area contributed by atoms with Crippen LogP contribution in [-0.2, 0) is 6.18 Å². The fourth-order valence-electron chi connectivity index (χ4n) is 1.84. The average Bonchev–Trinajstić information content (AvgIpc) is 2.96. The molecule has 0 bridgehead atoms. The third kappa shape index (κ3) is 3.25. The molecule has 0 atom stereocenters. The van der Waals surface area contributed by atoms with Gasteiger partial charge in [0.25, 0.3) is 0 Å². The van der Waals surface area contributed by atoms with Crippen LogP contribution in [0.15, 0.2) is 54.2 Å². The molecule has 0 aliphatic rings. The molecule has 3 aromatic rings. The van der Waals surface area contributed by atoms with Gasteiger partial charge in [-0.2, -0.15) is 13.2 Å². The van der Waals surface area contributed by atoms with Gasteiger partial charge in [-0.15, -0.1) is 11.3 Å². The van der Waals surface area contributed by atoms with Crippen LogP contribution in [0, 0.1) is 0 Å². The van der Waals surface area contributed by atoms with Gasteiger partial charge >= 0.3 is 6.18 Å². The minimum Gasteiger partial charge on any atom is -0.332 e. The summed E-state index contributed by atoms with van der Waals surface area (Å²) in [5.74, 6) is 0. The number of hydrogen-bond acceptors (Lipinski definition) is 4. The summed E-state index contributed by atoms with van der Waals surface area (Å²) in [5, 5.41) is 5.47. The van der Waals surface area contributed by atoms with Gasteiger partial charge in [-0.25, -0.2) is 4.98 Å². The topological polar surface area (TPSA) is 37.8 Å². The molecule has 0 aliphatic heterocycles. The standard InChI is InChI=1S/C15H10F3N3S/c16-15(17,18)11-3-5-12(6-4-11)20-14-21-13(9-22-14)10-2-1-7-19-8-10/h1-9H,(H,20,21). The zero-order chi connectivity index (χ0) is 15.6. The van der Waals surface area contributed by atoms with Gasteiger partial charge in [0.05, 0.1) is 11.3 Å². The Morgan fingerprint density at radius 1 is 1.05 bits per heavy atom. The highest BCUT2D eigenvalue weighted by Crippen LogP contribution is 2.31. The molecule has 0 fully saturated rings. The summed E-state index contributed by atoms with van der Waals surface area (Å²) in [6.07, 6.45) is -0.943. The number of anilines is 2. The Labute approximate surface area is 128 Å². The SMILES string of the molecule is FC(F)(F)c1ccc(Nc2nc(-c3cccnc3)cs2)cc1. The van der Waals surface area contributed by atoms with E-state index in [1.807, 2.05) is 17.5 Å².